The molecule has 4 heteroatoms. The van der Waals surface area contributed by atoms with E-state index in [1.54, 1.807) is 11.3 Å². The quantitative estimate of drug-likeness (QED) is 0.921. The van der Waals surface area contributed by atoms with E-state index in [1.165, 1.54) is 5.56 Å². The maximum Gasteiger partial charge on any atom is 0.244 e. The molecule has 19 heavy (non-hydrogen) atoms. The van der Waals surface area contributed by atoms with Crippen LogP contribution < -0.4 is 5.32 Å². The van der Waals surface area contributed by atoms with Crippen LogP contribution in [0.5, 0.6) is 0 Å². The maximum atomic E-state index is 12.6. The topological polar surface area (TPSA) is 32.3 Å². The Morgan fingerprint density at radius 3 is 2.74 bits per heavy atom. The summed E-state index contributed by atoms with van der Waals surface area (Å²) >= 11 is 1.70. The van der Waals surface area contributed by atoms with Crippen molar-refractivity contribution in [3.63, 3.8) is 0 Å². The lowest BCUT2D eigenvalue weighted by atomic mass is 9.92. The summed E-state index contributed by atoms with van der Waals surface area (Å²) in [6, 6.07) is 2.13. The molecule has 0 radical (unpaired) electrons. The highest BCUT2D eigenvalue weighted by molar-refractivity contribution is 7.07. The maximum absolute atomic E-state index is 12.6. The van der Waals surface area contributed by atoms with E-state index >= 15 is 0 Å². The third-order valence-electron chi connectivity index (χ3n) is 4.11. The molecule has 1 amide bonds. The molecule has 1 spiro atoms. The number of carbonyl (C=O) groups is 1. The number of hydrogen-bond acceptors (Lipinski definition) is 3. The fourth-order valence-electron chi connectivity index (χ4n) is 2.66. The summed E-state index contributed by atoms with van der Waals surface area (Å²) in [7, 11) is 0. The van der Waals surface area contributed by atoms with Crippen LogP contribution >= 0.6 is 11.3 Å². The number of rotatable bonds is 3. The summed E-state index contributed by atoms with van der Waals surface area (Å²) < 4.78 is 0. The van der Waals surface area contributed by atoms with Crippen molar-refractivity contribution in [1.29, 1.82) is 0 Å². The van der Waals surface area contributed by atoms with E-state index in [0.29, 0.717) is 5.91 Å². The molecule has 1 saturated heterocycles. The third-order valence-corrected chi connectivity index (χ3v) is 4.81. The zero-order valence-corrected chi connectivity index (χ0v) is 12.7. The molecule has 1 aliphatic carbocycles. The Morgan fingerprint density at radius 1 is 1.47 bits per heavy atom. The van der Waals surface area contributed by atoms with E-state index in [-0.39, 0.29) is 17.1 Å². The van der Waals surface area contributed by atoms with Gasteiger partial charge in [-0.1, -0.05) is 20.8 Å². The SMILES string of the molecule is CC(C)(C)CCN1C(=O)C2(CC2)NC1c1ccsc1. The van der Waals surface area contributed by atoms with Crippen LogP contribution in [0.3, 0.4) is 0 Å². The molecule has 2 fully saturated rings. The fourth-order valence-corrected chi connectivity index (χ4v) is 3.34. The van der Waals surface area contributed by atoms with E-state index in [2.05, 4.69) is 47.8 Å². The monoisotopic (exact) mass is 278 g/mol. The van der Waals surface area contributed by atoms with Gasteiger partial charge in [-0.05, 0) is 47.1 Å². The average Bonchev–Trinajstić information content (AvgIpc) is 2.81. The molecular formula is C15H22N2OS. The predicted molar refractivity (Wildman–Crippen MR) is 77.9 cm³/mol. The van der Waals surface area contributed by atoms with Crippen molar-refractivity contribution >= 4 is 17.2 Å². The van der Waals surface area contributed by atoms with Gasteiger partial charge in [-0.15, -0.1) is 0 Å². The molecule has 1 aromatic rings. The lowest BCUT2D eigenvalue weighted by Crippen LogP contribution is -2.34. The molecule has 1 N–H and O–H groups in total. The number of carbonyl (C=O) groups excluding carboxylic acids is 1. The van der Waals surface area contributed by atoms with Crippen molar-refractivity contribution in [2.24, 2.45) is 5.41 Å². The van der Waals surface area contributed by atoms with Crippen LogP contribution in [0.4, 0.5) is 0 Å². The standard InChI is InChI=1S/C15H22N2OS/c1-14(2,3)7-8-17-12(11-4-9-19-10-11)16-15(5-6-15)13(17)18/h4,9-10,12,16H,5-8H2,1-3H3. The second-order valence-electron chi connectivity index (χ2n) is 6.99. The minimum Gasteiger partial charge on any atom is -0.321 e. The van der Waals surface area contributed by atoms with E-state index in [0.717, 1.165) is 25.8 Å². The lowest BCUT2D eigenvalue weighted by Gasteiger charge is -2.27. The Kier molecular flexibility index (Phi) is 2.98. The molecule has 1 aromatic heterocycles. The highest BCUT2D eigenvalue weighted by atomic mass is 32.1. The summed E-state index contributed by atoms with van der Waals surface area (Å²) in [6.07, 6.45) is 3.12. The Morgan fingerprint density at radius 2 is 2.21 bits per heavy atom. The molecule has 0 aromatic carbocycles. The molecule has 0 bridgehead atoms. The predicted octanol–water partition coefficient (Wildman–Crippen LogP) is 3.15. The van der Waals surface area contributed by atoms with Crippen LogP contribution in [-0.4, -0.2) is 22.9 Å². The number of nitrogens with one attached hydrogen (secondary N) is 1. The van der Waals surface area contributed by atoms with Gasteiger partial charge in [-0.3, -0.25) is 10.1 Å². The van der Waals surface area contributed by atoms with Crippen molar-refractivity contribution < 1.29 is 4.79 Å². The van der Waals surface area contributed by atoms with Gasteiger partial charge in [0.2, 0.25) is 5.91 Å². The molecule has 104 valence electrons. The van der Waals surface area contributed by atoms with Gasteiger partial charge < -0.3 is 4.90 Å². The average molecular weight is 278 g/mol. The summed E-state index contributed by atoms with van der Waals surface area (Å²) in [5, 5.41) is 7.80. The molecule has 1 aliphatic heterocycles. The minimum absolute atomic E-state index is 0.0867. The molecule has 3 rings (SSSR count). The Hall–Kier alpha value is -0.870. The van der Waals surface area contributed by atoms with Crippen LogP contribution in [0.2, 0.25) is 0 Å². The Balaban J connectivity index is 1.79. The van der Waals surface area contributed by atoms with Gasteiger partial charge in [0.15, 0.2) is 0 Å². The van der Waals surface area contributed by atoms with Gasteiger partial charge in [0, 0.05) is 6.54 Å². The van der Waals surface area contributed by atoms with Crippen molar-refractivity contribution in [1.82, 2.24) is 10.2 Å². The van der Waals surface area contributed by atoms with Gasteiger partial charge in [0.1, 0.15) is 11.7 Å². The summed E-state index contributed by atoms with van der Waals surface area (Å²) in [5.41, 5.74) is 1.28. The van der Waals surface area contributed by atoms with Crippen LogP contribution in [0.1, 0.15) is 51.8 Å². The largest absolute Gasteiger partial charge is 0.321 e. The molecular weight excluding hydrogens is 256 g/mol. The number of thiophene rings is 1. The zero-order valence-electron chi connectivity index (χ0n) is 11.9. The second kappa shape index (κ2) is 4.32. The van der Waals surface area contributed by atoms with Crippen molar-refractivity contribution in [2.45, 2.75) is 51.7 Å². The van der Waals surface area contributed by atoms with Crippen molar-refractivity contribution in [2.75, 3.05) is 6.54 Å². The zero-order chi connectivity index (χ0) is 13.7. The summed E-state index contributed by atoms with van der Waals surface area (Å²) in [4.78, 5) is 14.6. The van der Waals surface area contributed by atoms with Gasteiger partial charge in [0.25, 0.3) is 0 Å². The first-order valence-corrected chi connectivity index (χ1v) is 7.97. The minimum atomic E-state index is -0.218. The van der Waals surface area contributed by atoms with Gasteiger partial charge in [-0.2, -0.15) is 11.3 Å². The lowest BCUT2D eigenvalue weighted by molar-refractivity contribution is -0.131. The van der Waals surface area contributed by atoms with Gasteiger partial charge >= 0.3 is 0 Å². The van der Waals surface area contributed by atoms with E-state index in [9.17, 15) is 4.79 Å². The number of hydrogen-bond donors (Lipinski definition) is 1. The van der Waals surface area contributed by atoms with Crippen LogP contribution in [0, 0.1) is 5.41 Å². The first kappa shape index (κ1) is 13.1. The first-order valence-electron chi connectivity index (χ1n) is 7.02. The summed E-state index contributed by atoms with van der Waals surface area (Å²) in [5.74, 6) is 0.313. The van der Waals surface area contributed by atoms with Crippen molar-refractivity contribution in [3.05, 3.63) is 22.4 Å². The van der Waals surface area contributed by atoms with Crippen molar-refractivity contribution in [3.8, 4) is 0 Å². The highest BCUT2D eigenvalue weighted by Gasteiger charge is 2.59. The van der Waals surface area contributed by atoms with Gasteiger partial charge in [0.05, 0.1) is 0 Å². The summed E-state index contributed by atoms with van der Waals surface area (Å²) in [6.45, 7) is 7.53. The van der Waals surface area contributed by atoms with Crippen LogP contribution in [0.15, 0.2) is 16.8 Å². The Bertz CT molecular complexity index is 471. The van der Waals surface area contributed by atoms with Crippen LogP contribution in [-0.2, 0) is 4.79 Å². The van der Waals surface area contributed by atoms with E-state index in [1.807, 2.05) is 0 Å². The highest BCUT2D eigenvalue weighted by Crippen LogP contribution is 2.46. The fraction of sp³-hybridized carbons (Fsp3) is 0.667. The smallest absolute Gasteiger partial charge is 0.244 e. The first-order chi connectivity index (χ1) is 8.91. The molecule has 2 aliphatic rings. The van der Waals surface area contributed by atoms with Crippen LogP contribution in [0.25, 0.3) is 0 Å². The van der Waals surface area contributed by atoms with Gasteiger partial charge in [-0.25, -0.2) is 0 Å². The normalized spacial score (nSPS) is 25.3. The Labute approximate surface area is 119 Å². The second-order valence-corrected chi connectivity index (χ2v) is 7.77. The molecule has 1 saturated carbocycles. The molecule has 2 heterocycles. The molecule has 1 unspecified atom stereocenters. The third kappa shape index (κ3) is 2.43. The van der Waals surface area contributed by atoms with E-state index < -0.39 is 0 Å². The molecule has 1 atom stereocenters. The number of nitrogens with zero attached hydrogens (tertiary/aromatic N) is 1. The number of amides is 1. The van der Waals surface area contributed by atoms with E-state index in [4.69, 9.17) is 0 Å². The molecule has 3 nitrogen and oxygen atoms in total.